The van der Waals surface area contributed by atoms with Crippen molar-refractivity contribution in [3.63, 3.8) is 0 Å². The van der Waals surface area contributed by atoms with Crippen molar-refractivity contribution in [1.82, 2.24) is 15.5 Å². The monoisotopic (exact) mass is 305 g/mol. The number of methoxy groups -OCH3 is 1. The Hall–Kier alpha value is -1.85. The van der Waals surface area contributed by atoms with Crippen LogP contribution in [0.25, 0.3) is 0 Å². The van der Waals surface area contributed by atoms with Crippen LogP contribution in [0.4, 0.5) is 0 Å². The molecule has 120 valence electrons. The van der Waals surface area contributed by atoms with Gasteiger partial charge < -0.3 is 10.1 Å². The topological polar surface area (TPSA) is 84.1 Å². The highest BCUT2D eigenvalue weighted by Crippen LogP contribution is 2.39. The van der Waals surface area contributed by atoms with E-state index in [1.807, 2.05) is 6.07 Å². The predicted molar refractivity (Wildman–Crippen MR) is 80.4 cm³/mol. The van der Waals surface area contributed by atoms with Gasteiger partial charge in [0, 0.05) is 17.7 Å². The molecule has 0 aliphatic heterocycles. The van der Waals surface area contributed by atoms with Crippen molar-refractivity contribution in [2.75, 3.05) is 7.11 Å². The van der Waals surface area contributed by atoms with Crippen molar-refractivity contribution in [3.8, 4) is 0 Å². The van der Waals surface area contributed by atoms with E-state index in [0.717, 1.165) is 50.6 Å². The summed E-state index contributed by atoms with van der Waals surface area (Å²) >= 11 is 0. The van der Waals surface area contributed by atoms with E-state index in [4.69, 9.17) is 4.74 Å². The number of carbonyl (C=O) groups is 2. The summed E-state index contributed by atoms with van der Waals surface area (Å²) in [5, 5.41) is 10.0. The molecule has 2 fully saturated rings. The van der Waals surface area contributed by atoms with E-state index in [1.54, 1.807) is 0 Å². The summed E-state index contributed by atoms with van der Waals surface area (Å²) in [6.45, 7) is 0. The standard InChI is InChI=1S/C16H23N3O3/c1-22-16(21)11-5-3-2-4-6-12(11)17-15(20)14-9-13(18-19-14)10-7-8-10/h9-12H,2-8H2,1H3,(H,17,20)(H,18,19)/t11-,12-/m0/s1. The van der Waals surface area contributed by atoms with E-state index >= 15 is 0 Å². The molecule has 0 unspecified atom stereocenters. The number of aromatic nitrogens is 2. The molecule has 0 radical (unpaired) electrons. The Morgan fingerprint density at radius 3 is 2.73 bits per heavy atom. The molecule has 2 aliphatic carbocycles. The summed E-state index contributed by atoms with van der Waals surface area (Å²) < 4.78 is 4.89. The third kappa shape index (κ3) is 3.31. The number of hydrogen-bond acceptors (Lipinski definition) is 4. The van der Waals surface area contributed by atoms with Crippen molar-refractivity contribution < 1.29 is 14.3 Å². The van der Waals surface area contributed by atoms with E-state index in [9.17, 15) is 9.59 Å². The second kappa shape index (κ2) is 6.50. The van der Waals surface area contributed by atoms with Gasteiger partial charge in [0.2, 0.25) is 0 Å². The van der Waals surface area contributed by atoms with Crippen LogP contribution in [0, 0.1) is 5.92 Å². The van der Waals surface area contributed by atoms with Crippen LogP contribution in [0.1, 0.15) is 67.0 Å². The fraction of sp³-hybridized carbons (Fsp3) is 0.688. The average Bonchev–Trinajstić information content (AvgIpc) is 3.30. The van der Waals surface area contributed by atoms with Gasteiger partial charge in [0.25, 0.3) is 5.91 Å². The van der Waals surface area contributed by atoms with Gasteiger partial charge in [-0.1, -0.05) is 19.3 Å². The Morgan fingerprint density at radius 1 is 1.23 bits per heavy atom. The van der Waals surface area contributed by atoms with E-state index < -0.39 is 0 Å². The first kappa shape index (κ1) is 15.1. The van der Waals surface area contributed by atoms with Gasteiger partial charge in [-0.15, -0.1) is 0 Å². The summed E-state index contributed by atoms with van der Waals surface area (Å²) in [6, 6.07) is 1.67. The molecular weight excluding hydrogens is 282 g/mol. The minimum absolute atomic E-state index is 0.163. The zero-order valence-electron chi connectivity index (χ0n) is 12.9. The smallest absolute Gasteiger partial charge is 0.310 e. The summed E-state index contributed by atoms with van der Waals surface area (Å²) in [5.74, 6) is -0.148. The largest absolute Gasteiger partial charge is 0.469 e. The van der Waals surface area contributed by atoms with Gasteiger partial charge in [-0.3, -0.25) is 14.7 Å². The first-order valence-corrected chi connectivity index (χ1v) is 8.13. The van der Waals surface area contributed by atoms with Gasteiger partial charge in [-0.25, -0.2) is 0 Å². The van der Waals surface area contributed by atoms with Gasteiger partial charge in [0.1, 0.15) is 5.69 Å². The van der Waals surface area contributed by atoms with Crippen LogP contribution in [0.15, 0.2) is 6.07 Å². The van der Waals surface area contributed by atoms with Crippen LogP contribution in [0.2, 0.25) is 0 Å². The van der Waals surface area contributed by atoms with E-state index in [2.05, 4.69) is 15.5 Å². The molecule has 0 spiro atoms. The summed E-state index contributed by atoms with van der Waals surface area (Å²) in [5.41, 5.74) is 1.45. The van der Waals surface area contributed by atoms with Gasteiger partial charge >= 0.3 is 5.97 Å². The lowest BCUT2D eigenvalue weighted by Gasteiger charge is -2.23. The molecule has 6 nitrogen and oxygen atoms in total. The Morgan fingerprint density at radius 2 is 2.00 bits per heavy atom. The average molecular weight is 305 g/mol. The quantitative estimate of drug-likeness (QED) is 0.659. The number of nitrogens with zero attached hydrogens (tertiary/aromatic N) is 1. The fourth-order valence-corrected chi connectivity index (χ4v) is 3.21. The number of aromatic amines is 1. The normalized spacial score (nSPS) is 25.3. The lowest BCUT2D eigenvalue weighted by Crippen LogP contribution is -2.43. The molecule has 2 saturated carbocycles. The summed E-state index contributed by atoms with van der Waals surface area (Å²) in [4.78, 5) is 24.3. The molecule has 0 saturated heterocycles. The summed E-state index contributed by atoms with van der Waals surface area (Å²) in [6.07, 6.45) is 7.02. The number of esters is 1. The van der Waals surface area contributed by atoms with Crippen LogP contribution >= 0.6 is 0 Å². The second-order valence-electron chi connectivity index (χ2n) is 6.33. The minimum atomic E-state index is -0.252. The maximum Gasteiger partial charge on any atom is 0.310 e. The first-order chi connectivity index (χ1) is 10.7. The summed E-state index contributed by atoms with van der Waals surface area (Å²) in [7, 11) is 1.40. The Balaban J connectivity index is 1.67. The lowest BCUT2D eigenvalue weighted by atomic mass is 9.94. The Bertz CT molecular complexity index is 551. The van der Waals surface area contributed by atoms with Crippen LogP contribution in [0.5, 0.6) is 0 Å². The molecule has 6 heteroatoms. The highest BCUT2D eigenvalue weighted by Gasteiger charge is 2.32. The minimum Gasteiger partial charge on any atom is -0.469 e. The second-order valence-corrected chi connectivity index (χ2v) is 6.33. The van der Waals surface area contributed by atoms with Crippen molar-refractivity contribution >= 4 is 11.9 Å². The SMILES string of the molecule is COC(=O)[C@H]1CCCCC[C@@H]1NC(=O)c1cc(C2CC2)[nH]n1. The molecule has 2 atom stereocenters. The van der Waals surface area contributed by atoms with Crippen LogP contribution < -0.4 is 5.32 Å². The first-order valence-electron chi connectivity index (χ1n) is 8.13. The third-order valence-corrected chi connectivity index (χ3v) is 4.68. The molecule has 0 aromatic carbocycles. The molecule has 1 aromatic heterocycles. The molecule has 2 aliphatic rings. The zero-order chi connectivity index (χ0) is 15.5. The van der Waals surface area contributed by atoms with E-state index in [1.165, 1.54) is 7.11 Å². The molecule has 22 heavy (non-hydrogen) atoms. The molecule has 3 rings (SSSR count). The highest BCUT2D eigenvalue weighted by atomic mass is 16.5. The molecular formula is C16H23N3O3. The number of rotatable bonds is 4. The Labute approximate surface area is 130 Å². The van der Waals surface area contributed by atoms with E-state index in [0.29, 0.717) is 11.6 Å². The molecule has 1 heterocycles. The van der Waals surface area contributed by atoms with Crippen molar-refractivity contribution in [2.24, 2.45) is 5.92 Å². The van der Waals surface area contributed by atoms with Gasteiger partial charge in [-0.2, -0.15) is 5.10 Å². The van der Waals surface area contributed by atoms with Crippen LogP contribution in [-0.4, -0.2) is 35.2 Å². The van der Waals surface area contributed by atoms with Gasteiger partial charge in [0.15, 0.2) is 0 Å². The van der Waals surface area contributed by atoms with Crippen molar-refractivity contribution in [1.29, 1.82) is 0 Å². The van der Waals surface area contributed by atoms with Gasteiger partial charge in [-0.05, 0) is 31.7 Å². The molecule has 1 aromatic rings. The van der Waals surface area contributed by atoms with Crippen LogP contribution in [0.3, 0.4) is 0 Å². The number of hydrogen-bond donors (Lipinski definition) is 2. The predicted octanol–water partition coefficient (Wildman–Crippen LogP) is 2.14. The molecule has 2 N–H and O–H groups in total. The van der Waals surface area contributed by atoms with Crippen LogP contribution in [-0.2, 0) is 9.53 Å². The maximum atomic E-state index is 12.4. The lowest BCUT2D eigenvalue weighted by molar-refractivity contribution is -0.146. The number of carbonyl (C=O) groups excluding carboxylic acids is 2. The zero-order valence-corrected chi connectivity index (χ0v) is 12.9. The molecule has 1 amide bonds. The third-order valence-electron chi connectivity index (χ3n) is 4.68. The van der Waals surface area contributed by atoms with E-state index in [-0.39, 0.29) is 23.8 Å². The molecule has 0 bridgehead atoms. The van der Waals surface area contributed by atoms with Crippen molar-refractivity contribution in [2.45, 2.75) is 56.9 Å². The Kier molecular flexibility index (Phi) is 4.45. The number of ether oxygens (including phenoxy) is 1. The fourth-order valence-electron chi connectivity index (χ4n) is 3.21. The maximum absolute atomic E-state index is 12.4. The van der Waals surface area contributed by atoms with Gasteiger partial charge in [0.05, 0.1) is 13.0 Å². The highest BCUT2D eigenvalue weighted by molar-refractivity contribution is 5.93. The number of amides is 1. The van der Waals surface area contributed by atoms with Crippen molar-refractivity contribution in [3.05, 3.63) is 17.5 Å². The number of nitrogens with one attached hydrogen (secondary N) is 2. The number of H-pyrrole nitrogens is 1.